The Morgan fingerprint density at radius 2 is 0.347 bits per heavy atom. The molecular weight excluding hydrogens is 1060 g/mol. The van der Waals surface area contributed by atoms with Crippen LogP contribution in [0.4, 0.5) is 105 Å². The monoisotopic (exact) mass is 1070 g/mol. The van der Waals surface area contributed by atoms with Crippen LogP contribution in [0.5, 0.6) is 0 Å². The maximum Gasteiger partial charge on any atom is 0.435 e. The van der Waals surface area contributed by atoms with E-state index in [0.717, 1.165) is 0 Å². The molecule has 0 fully saturated rings. The van der Waals surface area contributed by atoms with Crippen LogP contribution in [-0.4, -0.2) is 79.7 Å². The predicted octanol–water partition coefficient (Wildman–Crippen LogP) is 10.2. The first-order valence-corrected chi connectivity index (χ1v) is 17.8. The van der Waals surface area contributed by atoms with Crippen LogP contribution < -0.4 is 0 Å². The second-order valence-electron chi connectivity index (χ2n) is 14.1. The molecule has 7 aromatic heterocycles. The molecule has 0 unspecified atom stereocenters. The number of aromatic nitrogens is 16. The normalized spacial score (nSPS) is 14.1. The lowest BCUT2D eigenvalue weighted by atomic mass is 10.2. The quantitative estimate of drug-likeness (QED) is 0.135. The summed E-state index contributed by atoms with van der Waals surface area (Å²) < 4.78 is 340. The van der Waals surface area contributed by atoms with Gasteiger partial charge in [0.25, 0.3) is 0 Å². The van der Waals surface area contributed by atoms with Gasteiger partial charge >= 0.3 is 49.4 Å². The van der Waals surface area contributed by atoms with Crippen molar-refractivity contribution in [3.63, 3.8) is 0 Å². The minimum Gasteiger partial charge on any atom is -0.321 e. The lowest BCUT2D eigenvalue weighted by molar-refractivity contribution is -0.167. The summed E-state index contributed by atoms with van der Waals surface area (Å²) in [5.41, 5.74) is -42.7. The van der Waals surface area contributed by atoms with Crippen molar-refractivity contribution >= 4 is 44.7 Å². The highest BCUT2D eigenvalue weighted by molar-refractivity contribution is 6.01. The molecular formula is C32H2F24N16. The maximum absolute atomic E-state index is 14.2. The predicted molar refractivity (Wildman–Crippen MR) is 178 cm³/mol. The first-order chi connectivity index (χ1) is 32.7. The summed E-state index contributed by atoms with van der Waals surface area (Å²) >= 11 is 0. The molecule has 2 aliphatic rings. The average molecular weight is 1070 g/mol. The number of halogens is 24. The number of fused-ring (bicyclic) bond motifs is 20. The molecule has 0 atom stereocenters. The van der Waals surface area contributed by atoms with Crippen LogP contribution in [0.2, 0.25) is 0 Å². The highest BCUT2D eigenvalue weighted by atomic mass is 19.4. The lowest BCUT2D eigenvalue weighted by Crippen LogP contribution is -2.21. The molecule has 9 rings (SSSR count). The van der Waals surface area contributed by atoms with Crippen LogP contribution in [0.15, 0.2) is 0 Å². The molecule has 0 radical (unpaired) electrons. The third-order valence-corrected chi connectivity index (χ3v) is 9.24. The second-order valence-corrected chi connectivity index (χ2v) is 14.1. The largest absolute Gasteiger partial charge is 0.435 e. The maximum atomic E-state index is 14.2. The van der Waals surface area contributed by atoms with Gasteiger partial charge < -0.3 is 9.97 Å². The van der Waals surface area contributed by atoms with E-state index < -0.39 is 186 Å². The number of aromatic amines is 2. The van der Waals surface area contributed by atoms with Crippen molar-refractivity contribution in [3.05, 3.63) is 45.6 Å². The first-order valence-electron chi connectivity index (χ1n) is 17.8. The summed E-state index contributed by atoms with van der Waals surface area (Å²) in [5, 5.41) is 0. The van der Waals surface area contributed by atoms with Crippen molar-refractivity contribution in [1.29, 1.82) is 0 Å². The summed E-state index contributed by atoms with van der Waals surface area (Å²) in [6.45, 7) is 0. The number of hydrogen-bond acceptors (Lipinski definition) is 14. The molecule has 72 heavy (non-hydrogen) atoms. The van der Waals surface area contributed by atoms with E-state index >= 15 is 0 Å². The van der Waals surface area contributed by atoms with Gasteiger partial charge in [0, 0.05) is 0 Å². The molecule has 2 aliphatic heterocycles. The topological polar surface area (TPSA) is 212 Å². The molecule has 2 N–H and O–H groups in total. The van der Waals surface area contributed by atoms with Gasteiger partial charge in [-0.3, -0.25) is 0 Å². The minimum atomic E-state index is -6.16. The average Bonchev–Trinajstić information content (AvgIpc) is 3.94. The van der Waals surface area contributed by atoms with Crippen LogP contribution in [0.1, 0.15) is 45.6 Å². The molecule has 0 aliphatic carbocycles. The van der Waals surface area contributed by atoms with Gasteiger partial charge in [-0.15, -0.1) is 0 Å². The molecule has 0 amide bonds. The van der Waals surface area contributed by atoms with Gasteiger partial charge in [-0.25, -0.2) is 69.8 Å². The van der Waals surface area contributed by atoms with Crippen molar-refractivity contribution in [2.24, 2.45) is 0 Å². The Morgan fingerprint density at radius 3 is 0.500 bits per heavy atom. The van der Waals surface area contributed by atoms with Crippen molar-refractivity contribution in [2.75, 3.05) is 0 Å². The van der Waals surface area contributed by atoms with E-state index in [1.807, 2.05) is 9.97 Å². The van der Waals surface area contributed by atoms with Crippen molar-refractivity contribution in [2.45, 2.75) is 49.4 Å². The van der Waals surface area contributed by atoms with Gasteiger partial charge in [0.2, 0.25) is 0 Å². The molecule has 0 saturated carbocycles. The second kappa shape index (κ2) is 14.8. The van der Waals surface area contributed by atoms with Gasteiger partial charge in [-0.2, -0.15) is 105 Å². The van der Waals surface area contributed by atoms with E-state index in [1.54, 1.807) is 0 Å². The number of alkyl halides is 24. The zero-order valence-corrected chi connectivity index (χ0v) is 32.3. The van der Waals surface area contributed by atoms with E-state index in [1.165, 1.54) is 0 Å². The molecule has 0 saturated heterocycles. The molecule has 378 valence electrons. The molecule has 0 spiro atoms. The van der Waals surface area contributed by atoms with Gasteiger partial charge in [-0.1, -0.05) is 0 Å². The fourth-order valence-corrected chi connectivity index (χ4v) is 6.54. The summed E-state index contributed by atoms with van der Waals surface area (Å²) in [4.78, 5) is 47.2. The molecule has 7 aromatic rings. The van der Waals surface area contributed by atoms with Crippen LogP contribution in [-0.2, 0) is 49.4 Å². The molecule has 40 heteroatoms. The van der Waals surface area contributed by atoms with E-state index in [0.29, 0.717) is 0 Å². The fourth-order valence-electron chi connectivity index (χ4n) is 6.54. The third kappa shape index (κ3) is 8.17. The Morgan fingerprint density at radius 1 is 0.194 bits per heavy atom. The van der Waals surface area contributed by atoms with Crippen molar-refractivity contribution < 1.29 is 105 Å². The summed E-state index contributed by atoms with van der Waals surface area (Å²) in [5.74, 6) is -6.47. The first kappa shape index (κ1) is 49.0. The van der Waals surface area contributed by atoms with E-state index in [2.05, 4.69) is 69.8 Å². The Labute approximate surface area is 371 Å². The Balaban J connectivity index is 1.57. The third-order valence-electron chi connectivity index (χ3n) is 9.24. The Bertz CT molecular complexity index is 3180. The van der Waals surface area contributed by atoms with Crippen LogP contribution in [0, 0.1) is 0 Å². The molecule has 8 bridgehead atoms. The number of hydrogen-bond donors (Lipinski definition) is 2. The van der Waals surface area contributed by atoms with E-state index in [-0.39, 0.29) is 0 Å². The Kier molecular flexibility index (Phi) is 10.1. The lowest BCUT2D eigenvalue weighted by Gasteiger charge is -2.14. The molecule has 16 nitrogen and oxygen atoms in total. The van der Waals surface area contributed by atoms with Crippen LogP contribution in [0.25, 0.3) is 90.7 Å². The SMILES string of the molecule is FC(F)(F)c1nc2c(nc1C(F)(F)F)-c1nc-2nc2[nH]c(nc3nc(nc4[nH]c(n1)c1nc(C(F)(F)F)c(C(F)(F)F)nc41)-c1nc(C(F)(F)F)c(C(F)(F)F)nc1-3)c1nc(C(F)(F)F)c(C(F)(F)F)nc21. The smallest absolute Gasteiger partial charge is 0.321 e. The van der Waals surface area contributed by atoms with E-state index in [9.17, 15) is 105 Å². The van der Waals surface area contributed by atoms with Gasteiger partial charge in [0.1, 0.15) is 44.8 Å². The van der Waals surface area contributed by atoms with Crippen LogP contribution >= 0.6 is 0 Å². The summed E-state index contributed by atoms with van der Waals surface area (Å²) in [6.07, 6.45) is -49.2. The van der Waals surface area contributed by atoms with Crippen molar-refractivity contribution in [3.8, 4) is 46.1 Å². The highest BCUT2D eigenvalue weighted by Gasteiger charge is 2.52. The number of H-pyrrole nitrogens is 2. The highest BCUT2D eigenvalue weighted by Crippen LogP contribution is 2.46. The fraction of sp³-hybridized carbons (Fsp3) is 0.250. The molecule has 0 aromatic carbocycles. The zero-order chi connectivity index (χ0) is 53.2. The van der Waals surface area contributed by atoms with Gasteiger partial charge in [0.05, 0.1) is 0 Å². The zero-order valence-electron chi connectivity index (χ0n) is 32.3. The summed E-state index contributed by atoms with van der Waals surface area (Å²) in [6, 6.07) is 0. The van der Waals surface area contributed by atoms with Crippen molar-refractivity contribution in [1.82, 2.24) is 79.7 Å². The number of nitrogens with one attached hydrogen (secondary N) is 2. The summed E-state index contributed by atoms with van der Waals surface area (Å²) in [7, 11) is 0. The van der Waals surface area contributed by atoms with Crippen LogP contribution in [0.3, 0.4) is 0 Å². The standard InChI is InChI=1S/C32H2F24N16/c33-25(34,35)9-10(26(36,37)38)58-2-1(57-9)17-65-18(2)70-20-5-6(62-14(30(48,49)50)13(61-5)29(45,46)47)22(67-20)72-24-8-7(63-15(31(51,52)53)16(64-8)32(54,55)56)23(68-24)71-21-4-3(19(66-21)69-17)59-11(27(39,40)41)12(60-4)28(42,43)44/h(H2,65,66,67,68,69,70,71,72). The number of rotatable bonds is 0. The van der Waals surface area contributed by atoms with Gasteiger partial charge in [-0.05, 0) is 0 Å². The molecule has 9 heterocycles. The van der Waals surface area contributed by atoms with E-state index in [4.69, 9.17) is 0 Å². The number of nitrogens with zero attached hydrogens (tertiary/aromatic N) is 14. The minimum absolute atomic E-state index is 1.53. The van der Waals surface area contributed by atoms with Gasteiger partial charge in [0.15, 0.2) is 91.4 Å². The Hall–Kier alpha value is -8.00.